The molecule has 1 atom stereocenters. The van der Waals surface area contributed by atoms with E-state index in [-0.39, 0.29) is 11.6 Å². The molecule has 1 N–H and O–H groups in total. The van der Waals surface area contributed by atoms with Crippen molar-refractivity contribution in [2.24, 2.45) is 0 Å². The number of rotatable bonds is 2. The van der Waals surface area contributed by atoms with Crippen LogP contribution in [0, 0.1) is 0 Å². The monoisotopic (exact) mass is 295 g/mol. The summed E-state index contributed by atoms with van der Waals surface area (Å²) in [6.07, 6.45) is 0. The summed E-state index contributed by atoms with van der Waals surface area (Å²) in [5.74, 6) is 0. The molecule has 1 aromatic heterocycles. The van der Waals surface area contributed by atoms with Crippen molar-refractivity contribution in [1.82, 2.24) is 15.1 Å². The third-order valence-corrected chi connectivity index (χ3v) is 4.63. The minimum Gasteiger partial charge on any atom is -0.333 e. The quantitative estimate of drug-likeness (QED) is 0.910. The Hall–Kier alpha value is -1.07. The summed E-state index contributed by atoms with van der Waals surface area (Å²) >= 11 is 1.81. The molecule has 1 unspecified atom stereocenters. The van der Waals surface area contributed by atoms with Gasteiger partial charge in [0.2, 0.25) is 0 Å². The van der Waals surface area contributed by atoms with Gasteiger partial charge in [0.1, 0.15) is 0 Å². The van der Waals surface area contributed by atoms with Crippen molar-refractivity contribution in [2.45, 2.75) is 39.3 Å². The molecule has 1 fully saturated rings. The number of piperazine rings is 1. The molecule has 20 heavy (non-hydrogen) atoms. The van der Waals surface area contributed by atoms with Crippen molar-refractivity contribution < 1.29 is 4.79 Å². The van der Waals surface area contributed by atoms with E-state index in [0.717, 1.165) is 26.2 Å². The molecular weight excluding hydrogens is 270 g/mol. The minimum atomic E-state index is -0.168. The van der Waals surface area contributed by atoms with Crippen molar-refractivity contribution >= 4 is 17.4 Å². The Morgan fingerprint density at radius 1 is 1.30 bits per heavy atom. The smallest absolute Gasteiger partial charge is 0.317 e. The highest BCUT2D eigenvalue weighted by molar-refractivity contribution is 7.10. The Morgan fingerprint density at radius 3 is 2.45 bits per heavy atom. The van der Waals surface area contributed by atoms with Crippen LogP contribution in [-0.4, -0.2) is 47.5 Å². The maximum Gasteiger partial charge on any atom is 0.317 e. The van der Waals surface area contributed by atoms with Gasteiger partial charge in [0.05, 0.1) is 0 Å². The van der Waals surface area contributed by atoms with Gasteiger partial charge in [0.25, 0.3) is 0 Å². The second kappa shape index (κ2) is 6.14. The maximum atomic E-state index is 12.1. The van der Waals surface area contributed by atoms with Crippen LogP contribution in [0.15, 0.2) is 17.5 Å². The molecule has 0 bridgehead atoms. The van der Waals surface area contributed by atoms with Crippen LogP contribution in [0.1, 0.15) is 38.6 Å². The van der Waals surface area contributed by atoms with Gasteiger partial charge < -0.3 is 10.2 Å². The molecule has 2 rings (SSSR count). The number of carbonyl (C=O) groups excluding carboxylic acids is 1. The van der Waals surface area contributed by atoms with Crippen molar-refractivity contribution in [1.29, 1.82) is 0 Å². The molecule has 1 aliphatic rings. The summed E-state index contributed by atoms with van der Waals surface area (Å²) < 4.78 is 0. The third-order valence-electron chi connectivity index (χ3n) is 3.59. The highest BCUT2D eigenvalue weighted by Crippen LogP contribution is 2.25. The molecular formula is C15H25N3OS. The second-order valence-electron chi connectivity index (χ2n) is 6.39. The lowest BCUT2D eigenvalue weighted by Crippen LogP contribution is -2.55. The van der Waals surface area contributed by atoms with Gasteiger partial charge in [-0.15, -0.1) is 11.3 Å². The maximum absolute atomic E-state index is 12.1. The molecule has 4 nitrogen and oxygen atoms in total. The lowest BCUT2D eigenvalue weighted by molar-refractivity contribution is 0.112. The van der Waals surface area contributed by atoms with E-state index in [1.165, 1.54) is 4.88 Å². The topological polar surface area (TPSA) is 35.6 Å². The number of carbonyl (C=O) groups is 1. The lowest BCUT2D eigenvalue weighted by atomic mass is 10.1. The normalized spacial score (nSPS) is 18.9. The van der Waals surface area contributed by atoms with Crippen LogP contribution in [0.25, 0.3) is 0 Å². The molecule has 2 amide bonds. The second-order valence-corrected chi connectivity index (χ2v) is 7.37. The predicted molar refractivity (Wildman–Crippen MR) is 84.2 cm³/mol. The van der Waals surface area contributed by atoms with Gasteiger partial charge in [-0.05, 0) is 39.1 Å². The Kier molecular flexibility index (Phi) is 4.70. The molecule has 2 heterocycles. The van der Waals surface area contributed by atoms with Crippen molar-refractivity contribution in [2.75, 3.05) is 26.2 Å². The summed E-state index contributed by atoms with van der Waals surface area (Å²) in [6.45, 7) is 11.8. The number of hydrogen-bond acceptors (Lipinski definition) is 3. The van der Waals surface area contributed by atoms with Crippen molar-refractivity contribution in [3.63, 3.8) is 0 Å². The van der Waals surface area contributed by atoms with Crippen LogP contribution < -0.4 is 5.32 Å². The van der Waals surface area contributed by atoms with E-state index in [1.54, 1.807) is 11.3 Å². The van der Waals surface area contributed by atoms with Crippen LogP contribution in [0.4, 0.5) is 4.79 Å². The Labute approximate surface area is 125 Å². The summed E-state index contributed by atoms with van der Waals surface area (Å²) in [5, 5.41) is 5.15. The Balaban J connectivity index is 1.85. The first kappa shape index (κ1) is 15.3. The van der Waals surface area contributed by atoms with Gasteiger partial charge in [-0.2, -0.15) is 0 Å². The van der Waals surface area contributed by atoms with Crippen LogP contribution in [0.3, 0.4) is 0 Å². The van der Waals surface area contributed by atoms with Crippen molar-refractivity contribution in [3.05, 3.63) is 22.4 Å². The fourth-order valence-corrected chi connectivity index (χ4v) is 3.24. The molecule has 0 radical (unpaired) electrons. The first-order valence-electron chi connectivity index (χ1n) is 7.21. The average molecular weight is 295 g/mol. The fourth-order valence-electron chi connectivity index (χ4n) is 2.42. The molecule has 1 aromatic rings. The molecule has 0 aromatic carbocycles. The first-order chi connectivity index (χ1) is 9.37. The fraction of sp³-hybridized carbons (Fsp3) is 0.667. The number of nitrogens with one attached hydrogen (secondary N) is 1. The van der Waals surface area contributed by atoms with E-state index in [9.17, 15) is 4.79 Å². The van der Waals surface area contributed by atoms with Crippen molar-refractivity contribution in [3.8, 4) is 0 Å². The molecule has 0 saturated carbocycles. The summed E-state index contributed by atoms with van der Waals surface area (Å²) in [5.41, 5.74) is -0.168. The zero-order valence-electron chi connectivity index (χ0n) is 12.8. The summed E-state index contributed by atoms with van der Waals surface area (Å²) in [6, 6.07) is 4.79. The lowest BCUT2D eigenvalue weighted by Gasteiger charge is -2.38. The van der Waals surface area contributed by atoms with E-state index < -0.39 is 0 Å². The van der Waals surface area contributed by atoms with Crippen LogP contribution in [-0.2, 0) is 0 Å². The molecule has 112 valence electrons. The van der Waals surface area contributed by atoms with Crippen LogP contribution in [0.5, 0.6) is 0 Å². The number of thiophene rings is 1. The molecule has 0 spiro atoms. The van der Waals surface area contributed by atoms with E-state index in [4.69, 9.17) is 0 Å². The van der Waals surface area contributed by atoms with Gasteiger partial charge in [-0.3, -0.25) is 4.90 Å². The van der Waals surface area contributed by atoms with Gasteiger partial charge in [-0.25, -0.2) is 4.79 Å². The molecule has 0 aliphatic carbocycles. The summed E-state index contributed by atoms with van der Waals surface area (Å²) in [7, 11) is 0. The molecule has 5 heteroatoms. The van der Waals surface area contributed by atoms with E-state index in [2.05, 4.69) is 34.7 Å². The molecule has 1 aliphatic heterocycles. The Bertz CT molecular complexity index is 430. The highest BCUT2D eigenvalue weighted by Gasteiger charge is 2.26. The van der Waals surface area contributed by atoms with Gasteiger partial charge in [0, 0.05) is 42.6 Å². The van der Waals surface area contributed by atoms with E-state index in [0.29, 0.717) is 6.04 Å². The van der Waals surface area contributed by atoms with E-state index in [1.807, 2.05) is 25.7 Å². The van der Waals surface area contributed by atoms with Gasteiger partial charge >= 0.3 is 6.03 Å². The standard InChI is InChI=1S/C15H25N3OS/c1-12(13-6-5-11-20-13)17-7-9-18(10-8-17)14(19)16-15(2,3)4/h5-6,11-12H,7-10H2,1-4H3,(H,16,19). The third kappa shape index (κ3) is 3.96. The number of amides is 2. The average Bonchev–Trinajstić information content (AvgIpc) is 2.90. The zero-order valence-corrected chi connectivity index (χ0v) is 13.7. The largest absolute Gasteiger partial charge is 0.333 e. The zero-order chi connectivity index (χ0) is 14.8. The SMILES string of the molecule is CC(c1cccs1)N1CCN(C(=O)NC(C)(C)C)CC1. The van der Waals surface area contributed by atoms with E-state index >= 15 is 0 Å². The van der Waals surface area contributed by atoms with Gasteiger partial charge in [-0.1, -0.05) is 6.07 Å². The Morgan fingerprint density at radius 2 is 1.95 bits per heavy atom. The van der Waals surface area contributed by atoms with Crippen LogP contribution >= 0.6 is 11.3 Å². The highest BCUT2D eigenvalue weighted by atomic mass is 32.1. The minimum absolute atomic E-state index is 0.0564. The van der Waals surface area contributed by atoms with Crippen LogP contribution in [0.2, 0.25) is 0 Å². The first-order valence-corrected chi connectivity index (χ1v) is 8.09. The number of hydrogen-bond donors (Lipinski definition) is 1. The summed E-state index contributed by atoms with van der Waals surface area (Å²) in [4.78, 5) is 17.9. The molecule has 1 saturated heterocycles. The predicted octanol–water partition coefficient (Wildman–Crippen LogP) is 2.93. The number of urea groups is 1. The van der Waals surface area contributed by atoms with Gasteiger partial charge in [0.15, 0.2) is 0 Å². The number of nitrogens with zero attached hydrogens (tertiary/aromatic N) is 2.